The van der Waals surface area contributed by atoms with E-state index < -0.39 is 95.0 Å². The molecule has 51 heavy (non-hydrogen) atoms. The second-order valence-corrected chi connectivity index (χ2v) is 17.9. The van der Waals surface area contributed by atoms with Gasteiger partial charge in [-0.3, -0.25) is 33.2 Å². The fourth-order valence-electron chi connectivity index (χ4n) is 5.11. The highest BCUT2D eigenvalue weighted by Crippen LogP contribution is 2.71. The van der Waals surface area contributed by atoms with Crippen molar-refractivity contribution in [1.29, 1.82) is 0 Å². The van der Waals surface area contributed by atoms with Crippen LogP contribution in [0.2, 0.25) is 0 Å². The smallest absolute Gasteiger partial charge is 0.387 e. The highest BCUT2D eigenvalue weighted by molar-refractivity contribution is 8.55. The molecule has 6 rings (SSSR count). The first kappa shape index (κ1) is 37.6. The lowest BCUT2D eigenvalue weighted by atomic mass is 10.1. The third kappa shape index (κ3) is 7.67. The van der Waals surface area contributed by atoms with Crippen LogP contribution in [0, 0.1) is 0 Å². The van der Waals surface area contributed by atoms with Crippen LogP contribution in [-0.4, -0.2) is 123 Å². The van der Waals surface area contributed by atoms with Gasteiger partial charge in [0.05, 0.1) is 25.4 Å². The standard InChI is InChI=1S/C20H27N10O17P3S/c21-19-25-13-7(15(35)27-19)23-3-29(13)17-11(33)9(31)5(44-17)1-43-48(37,38)46-49(39,40)47-50(41,42)51-2-6-10(32)12(34)18(45-6)30-4-24-8-14(30)26-20(22)28-16(8)36/h3-6,9-12,17-18,31-34H,1-2H2,(H,37,38)(H,39,40)(H,41,42)(H3,21,25,27,35)(H3,22,26,28,36)/t5-,6-,9?,10?,11+,12+,17-,18-/m1/s1. The Bertz CT molecular complexity index is 2080. The van der Waals surface area contributed by atoms with E-state index in [1.807, 2.05) is 0 Å². The zero-order valence-corrected chi connectivity index (χ0v) is 28.5. The molecule has 2 fully saturated rings. The molecule has 0 bridgehead atoms. The molecule has 4 aromatic rings. The summed E-state index contributed by atoms with van der Waals surface area (Å²) in [6.45, 7) is -6.34. The summed E-state index contributed by atoms with van der Waals surface area (Å²) in [5.41, 5.74) is 9.03. The second-order valence-electron chi connectivity index (χ2n) is 10.8. The van der Waals surface area contributed by atoms with Crippen molar-refractivity contribution in [3.8, 4) is 0 Å². The molecule has 2 aliphatic rings. The summed E-state index contributed by atoms with van der Waals surface area (Å²) in [7, 11) is -11.5. The molecule has 0 radical (unpaired) electrons. The third-order valence-corrected chi connectivity index (χ3v) is 13.9. The number of ether oxygens (including phenoxy) is 2. The number of H-pyrrole nitrogens is 2. The van der Waals surface area contributed by atoms with Gasteiger partial charge in [-0.2, -0.15) is 18.6 Å². The number of aliphatic hydroxyl groups is 4. The number of imidazole rings is 2. The number of aromatic nitrogens is 8. The van der Waals surface area contributed by atoms with Crippen LogP contribution in [0.15, 0.2) is 22.2 Å². The summed E-state index contributed by atoms with van der Waals surface area (Å²) in [6.07, 6.45) is -10.8. The van der Waals surface area contributed by atoms with E-state index in [9.17, 15) is 58.4 Å². The van der Waals surface area contributed by atoms with Crippen molar-refractivity contribution in [2.24, 2.45) is 0 Å². The quantitative estimate of drug-likeness (QED) is 0.0626. The topological polar surface area (TPSA) is 418 Å². The highest BCUT2D eigenvalue weighted by Gasteiger charge is 2.49. The van der Waals surface area contributed by atoms with Crippen molar-refractivity contribution >= 4 is 68.0 Å². The van der Waals surface area contributed by atoms with Crippen molar-refractivity contribution in [2.75, 3.05) is 23.8 Å². The average molecular weight is 804 g/mol. The predicted octanol–water partition coefficient (Wildman–Crippen LogP) is -3.26. The molecular weight excluding hydrogens is 777 g/mol. The second kappa shape index (κ2) is 13.7. The maximum Gasteiger partial charge on any atom is 0.488 e. The maximum atomic E-state index is 12.6. The van der Waals surface area contributed by atoms with Gasteiger partial charge in [0.1, 0.15) is 30.5 Å². The summed E-state index contributed by atoms with van der Waals surface area (Å²) in [4.78, 5) is 74.3. The Morgan fingerprint density at radius 1 is 0.765 bits per heavy atom. The monoisotopic (exact) mass is 804 g/mol. The molecule has 0 saturated carbocycles. The molecule has 4 aromatic heterocycles. The number of aromatic amines is 2. The molecule has 11 atom stereocenters. The van der Waals surface area contributed by atoms with Crippen LogP contribution in [0.1, 0.15) is 12.5 Å². The largest absolute Gasteiger partial charge is 0.488 e. The molecule has 0 amide bonds. The summed E-state index contributed by atoms with van der Waals surface area (Å²) < 4.78 is 63.6. The Kier molecular flexibility index (Phi) is 10.1. The predicted molar refractivity (Wildman–Crippen MR) is 167 cm³/mol. The summed E-state index contributed by atoms with van der Waals surface area (Å²) >= 11 is -0.0918. The van der Waals surface area contributed by atoms with E-state index in [1.54, 1.807) is 0 Å². The number of anilines is 2. The minimum Gasteiger partial charge on any atom is -0.387 e. The van der Waals surface area contributed by atoms with E-state index in [0.717, 1.165) is 21.8 Å². The molecule has 280 valence electrons. The normalized spacial score (nSPS) is 30.4. The minimum atomic E-state index is -5.90. The van der Waals surface area contributed by atoms with E-state index in [2.05, 4.69) is 43.0 Å². The first-order chi connectivity index (χ1) is 23.8. The third-order valence-electron chi connectivity index (χ3n) is 7.34. The van der Waals surface area contributed by atoms with Crippen LogP contribution >= 0.6 is 33.8 Å². The van der Waals surface area contributed by atoms with Crippen LogP contribution < -0.4 is 22.6 Å². The Balaban J connectivity index is 1.04. The summed E-state index contributed by atoms with van der Waals surface area (Å²) in [5, 5.41) is 42.0. The van der Waals surface area contributed by atoms with E-state index in [1.165, 1.54) is 0 Å². The number of aliphatic hydroxyl groups excluding tert-OH is 4. The number of nitrogens with zero attached hydrogens (tertiary/aromatic N) is 6. The summed E-state index contributed by atoms with van der Waals surface area (Å²) in [5.74, 6) is -1.27. The van der Waals surface area contributed by atoms with Gasteiger partial charge in [0.25, 0.3) is 11.1 Å². The van der Waals surface area contributed by atoms with Crippen LogP contribution in [0.3, 0.4) is 0 Å². The average Bonchev–Trinajstić information content (AvgIpc) is 3.76. The van der Waals surface area contributed by atoms with Gasteiger partial charge in [-0.05, 0) is 11.4 Å². The van der Waals surface area contributed by atoms with Crippen molar-refractivity contribution in [2.45, 2.75) is 49.1 Å². The molecule has 0 aromatic carbocycles. The van der Waals surface area contributed by atoms with Crippen LogP contribution in [-0.2, 0) is 36.3 Å². The minimum absolute atomic E-state index is 0.0918. The highest BCUT2D eigenvalue weighted by atomic mass is 32.7. The zero-order chi connectivity index (χ0) is 37.2. The Morgan fingerprint density at radius 2 is 1.24 bits per heavy atom. The number of nitrogen functional groups attached to an aromatic ring is 2. The van der Waals surface area contributed by atoms with Gasteiger partial charge in [0, 0.05) is 5.75 Å². The molecule has 0 aliphatic carbocycles. The van der Waals surface area contributed by atoms with Gasteiger partial charge in [-0.15, -0.1) is 0 Å². The molecule has 0 spiro atoms. The van der Waals surface area contributed by atoms with Gasteiger partial charge in [-0.25, -0.2) is 23.7 Å². The molecule has 31 heteroatoms. The van der Waals surface area contributed by atoms with E-state index >= 15 is 0 Å². The van der Waals surface area contributed by atoms with Gasteiger partial charge in [0.15, 0.2) is 34.8 Å². The fraction of sp³-hybridized carbons (Fsp3) is 0.500. The van der Waals surface area contributed by atoms with Crippen molar-refractivity contribution in [1.82, 2.24) is 39.0 Å². The molecule has 2 aliphatic heterocycles. The van der Waals surface area contributed by atoms with Crippen molar-refractivity contribution in [3.05, 3.63) is 33.4 Å². The Hall–Kier alpha value is -3.14. The zero-order valence-electron chi connectivity index (χ0n) is 25.0. The van der Waals surface area contributed by atoms with E-state index in [4.69, 9.17) is 20.9 Å². The van der Waals surface area contributed by atoms with Gasteiger partial charge >= 0.3 is 22.4 Å². The number of hydrogen-bond donors (Lipinski definition) is 11. The first-order valence-corrected chi connectivity index (χ1v) is 20.1. The number of hydrogen-bond acceptors (Lipinski definition) is 21. The maximum absolute atomic E-state index is 12.6. The number of nitrogens with two attached hydrogens (primary N) is 2. The Morgan fingerprint density at radius 3 is 1.75 bits per heavy atom. The number of phosphoric acid groups is 2. The number of phosphoric ester groups is 1. The molecule has 6 heterocycles. The number of fused-ring (bicyclic) bond motifs is 2. The fourth-order valence-corrected chi connectivity index (χ4v) is 11.1. The number of rotatable bonds is 12. The lowest BCUT2D eigenvalue weighted by molar-refractivity contribution is -0.0503. The molecule has 2 saturated heterocycles. The Labute approximate surface area is 284 Å². The van der Waals surface area contributed by atoms with E-state index in [-0.39, 0.29) is 45.6 Å². The van der Waals surface area contributed by atoms with Gasteiger partial charge in [0.2, 0.25) is 11.9 Å². The SMILES string of the molecule is Nc1nc2c(ncn2[C@@H]2O[C@H](COP(=O)(O)OP(=O)(O)OP(=O)(O)SC[C@H]3O[C@@H](n4cnc5c(=O)[nH]c(N)nc54)[C@@H](O)C3O)C(O)[C@@H]2O)c(=O)[nH]1. The lowest BCUT2D eigenvalue weighted by Gasteiger charge is -2.21. The van der Waals surface area contributed by atoms with Gasteiger partial charge < -0.3 is 56.0 Å². The summed E-state index contributed by atoms with van der Waals surface area (Å²) in [6, 6.07) is 0. The molecule has 5 unspecified atom stereocenters. The van der Waals surface area contributed by atoms with Crippen molar-refractivity contribution < 1.29 is 71.4 Å². The van der Waals surface area contributed by atoms with Gasteiger partial charge in [-0.1, -0.05) is 0 Å². The first-order valence-electron chi connectivity index (χ1n) is 13.9. The molecular formula is C20H27N10O17P3S. The molecule has 13 N–H and O–H groups in total. The lowest BCUT2D eigenvalue weighted by Crippen LogP contribution is -2.33. The number of nitrogens with one attached hydrogen (secondary N) is 2. The van der Waals surface area contributed by atoms with Crippen LogP contribution in [0.25, 0.3) is 22.3 Å². The van der Waals surface area contributed by atoms with Crippen LogP contribution in [0.5, 0.6) is 0 Å². The van der Waals surface area contributed by atoms with Crippen molar-refractivity contribution in [3.63, 3.8) is 0 Å². The van der Waals surface area contributed by atoms with Crippen LogP contribution in [0.4, 0.5) is 11.9 Å². The molecule has 27 nitrogen and oxygen atoms in total. The van der Waals surface area contributed by atoms with E-state index in [0.29, 0.717) is 0 Å².